The molecule has 1 atom stereocenters. The normalized spacial score (nSPS) is 17.1. The third-order valence-electron chi connectivity index (χ3n) is 6.73. The molecule has 37 heavy (non-hydrogen) atoms. The Morgan fingerprint density at radius 3 is 2.43 bits per heavy atom. The summed E-state index contributed by atoms with van der Waals surface area (Å²) in [5.74, 6) is -1.00. The molecule has 1 aliphatic rings. The topological polar surface area (TPSA) is 71.8 Å². The lowest BCUT2D eigenvalue weighted by atomic mass is 9.94. The van der Waals surface area contributed by atoms with Gasteiger partial charge in [-0.15, -0.1) is 0 Å². The zero-order valence-corrected chi connectivity index (χ0v) is 21.5. The number of rotatable bonds is 6. The van der Waals surface area contributed by atoms with Crippen LogP contribution in [0.3, 0.4) is 0 Å². The van der Waals surface area contributed by atoms with Crippen molar-refractivity contribution in [3.05, 3.63) is 101 Å². The molecule has 0 saturated carbocycles. The first kappa shape index (κ1) is 24.4. The molecule has 1 N–H and O–H groups in total. The predicted octanol–water partition coefficient (Wildman–Crippen LogP) is 6.21. The molecule has 3 aromatic carbocycles. The van der Waals surface area contributed by atoms with E-state index in [9.17, 15) is 14.7 Å². The van der Waals surface area contributed by atoms with E-state index < -0.39 is 17.7 Å². The Labute approximate surface area is 216 Å². The van der Waals surface area contributed by atoms with E-state index in [1.807, 2.05) is 87.1 Å². The number of para-hydroxylation sites is 1. The van der Waals surface area contributed by atoms with Gasteiger partial charge in [-0.1, -0.05) is 43.3 Å². The van der Waals surface area contributed by atoms with E-state index in [1.165, 1.54) is 4.90 Å². The number of carbonyl (C=O) groups is 2. The first-order valence-electron chi connectivity index (χ1n) is 12.5. The molecule has 1 amide bonds. The number of aromatic nitrogens is 1. The number of aryl methyl sites for hydroxylation is 3. The number of Topliss-reactive ketones (excluding diaryl/α,β-unsaturated/α-hetero) is 1. The van der Waals surface area contributed by atoms with Crippen LogP contribution in [0.1, 0.15) is 41.6 Å². The summed E-state index contributed by atoms with van der Waals surface area (Å²) in [4.78, 5) is 28.7. The average molecular weight is 495 g/mol. The summed E-state index contributed by atoms with van der Waals surface area (Å²) < 4.78 is 7.72. The molecular formula is C31H30N2O4. The first-order valence-corrected chi connectivity index (χ1v) is 12.5. The van der Waals surface area contributed by atoms with Crippen LogP contribution in [0.25, 0.3) is 16.7 Å². The van der Waals surface area contributed by atoms with Crippen LogP contribution in [0.4, 0.5) is 5.69 Å². The number of nitrogens with zero attached hydrogens (tertiary/aromatic N) is 2. The zero-order valence-electron chi connectivity index (χ0n) is 21.5. The second kappa shape index (κ2) is 9.62. The number of hydrogen-bond acceptors (Lipinski definition) is 4. The molecule has 1 unspecified atom stereocenters. The highest BCUT2D eigenvalue weighted by atomic mass is 16.5. The van der Waals surface area contributed by atoms with Crippen LogP contribution in [0, 0.1) is 13.8 Å². The Kier molecular flexibility index (Phi) is 6.34. The smallest absolute Gasteiger partial charge is 0.300 e. The lowest BCUT2D eigenvalue weighted by molar-refractivity contribution is -0.132. The highest BCUT2D eigenvalue weighted by Gasteiger charge is 2.48. The summed E-state index contributed by atoms with van der Waals surface area (Å²) in [6, 6.07) is 19.9. The number of aliphatic hydroxyl groups is 1. The van der Waals surface area contributed by atoms with Gasteiger partial charge in [0.1, 0.15) is 11.5 Å². The van der Waals surface area contributed by atoms with Crippen LogP contribution in [-0.4, -0.2) is 28.0 Å². The van der Waals surface area contributed by atoms with E-state index in [0.717, 1.165) is 34.0 Å². The van der Waals surface area contributed by atoms with Gasteiger partial charge in [0, 0.05) is 41.0 Å². The second-order valence-electron chi connectivity index (χ2n) is 9.60. The molecule has 188 valence electrons. The molecule has 1 fully saturated rings. The number of fused-ring (bicyclic) bond motifs is 1. The number of ether oxygens (including phenoxy) is 1. The van der Waals surface area contributed by atoms with Crippen LogP contribution in [-0.2, 0) is 16.6 Å². The van der Waals surface area contributed by atoms with Gasteiger partial charge in [-0.2, -0.15) is 0 Å². The number of aliphatic hydroxyl groups excluding tert-OH is 1. The van der Waals surface area contributed by atoms with Crippen LogP contribution in [0.15, 0.2) is 78.5 Å². The molecule has 0 aliphatic carbocycles. The van der Waals surface area contributed by atoms with Crippen molar-refractivity contribution >= 4 is 34.0 Å². The summed E-state index contributed by atoms with van der Waals surface area (Å²) in [5, 5.41) is 12.5. The van der Waals surface area contributed by atoms with E-state index in [1.54, 1.807) is 18.2 Å². The maximum absolute atomic E-state index is 13.6. The second-order valence-corrected chi connectivity index (χ2v) is 9.60. The highest BCUT2D eigenvalue weighted by Crippen LogP contribution is 2.45. The molecule has 4 aromatic rings. The lowest BCUT2D eigenvalue weighted by Crippen LogP contribution is -2.29. The summed E-state index contributed by atoms with van der Waals surface area (Å²) >= 11 is 0. The van der Waals surface area contributed by atoms with Crippen molar-refractivity contribution < 1.29 is 19.4 Å². The van der Waals surface area contributed by atoms with Crippen molar-refractivity contribution in [1.82, 2.24) is 4.57 Å². The molecule has 5 rings (SSSR count). The first-order chi connectivity index (χ1) is 17.8. The van der Waals surface area contributed by atoms with Crippen molar-refractivity contribution in [2.24, 2.45) is 7.05 Å². The van der Waals surface area contributed by atoms with Gasteiger partial charge in [0.05, 0.1) is 18.2 Å². The van der Waals surface area contributed by atoms with Crippen molar-refractivity contribution in [1.29, 1.82) is 0 Å². The van der Waals surface area contributed by atoms with E-state index >= 15 is 0 Å². The van der Waals surface area contributed by atoms with Gasteiger partial charge in [0.15, 0.2) is 0 Å². The molecule has 6 nitrogen and oxygen atoms in total. The Hall–Kier alpha value is -4.32. The standard InChI is InChI=1S/C31H30N2O4/c1-5-13-37-23-10-8-9-21(17-23)29(34)27-28(25-18-32(4)26-12-7-6-11-24(25)26)33(31(36)30(27)35)22-15-19(2)14-20(3)16-22/h6-12,14-18,28,34H,5,13H2,1-4H3/b29-27+. The Balaban J connectivity index is 1.76. The third-order valence-corrected chi connectivity index (χ3v) is 6.73. The summed E-state index contributed by atoms with van der Waals surface area (Å²) in [6.07, 6.45) is 2.78. The summed E-state index contributed by atoms with van der Waals surface area (Å²) in [5.41, 5.74) is 4.82. The SMILES string of the molecule is CCCOc1cccc(/C(O)=C2\C(=O)C(=O)N(c3cc(C)cc(C)c3)C2c2cn(C)c3ccccc23)c1. The van der Waals surface area contributed by atoms with Gasteiger partial charge in [-0.05, 0) is 61.7 Å². The molecular weight excluding hydrogens is 464 g/mol. The van der Waals surface area contributed by atoms with Gasteiger partial charge in [-0.3, -0.25) is 14.5 Å². The van der Waals surface area contributed by atoms with Crippen LogP contribution >= 0.6 is 0 Å². The quantitative estimate of drug-likeness (QED) is 0.197. The van der Waals surface area contributed by atoms with E-state index in [4.69, 9.17) is 4.74 Å². The minimum absolute atomic E-state index is 0.0631. The van der Waals surface area contributed by atoms with E-state index in [-0.39, 0.29) is 11.3 Å². The molecule has 0 radical (unpaired) electrons. The fourth-order valence-electron chi connectivity index (χ4n) is 5.18. The molecule has 0 spiro atoms. The van der Waals surface area contributed by atoms with Crippen molar-refractivity contribution in [3.8, 4) is 5.75 Å². The van der Waals surface area contributed by atoms with Crippen LogP contribution in [0.2, 0.25) is 0 Å². The highest BCUT2D eigenvalue weighted by molar-refractivity contribution is 6.52. The number of amides is 1. The summed E-state index contributed by atoms with van der Waals surface area (Å²) in [7, 11) is 1.93. The Morgan fingerprint density at radius 2 is 1.70 bits per heavy atom. The Morgan fingerprint density at radius 1 is 0.973 bits per heavy atom. The van der Waals surface area contributed by atoms with E-state index in [0.29, 0.717) is 23.6 Å². The number of anilines is 1. The molecule has 1 saturated heterocycles. The van der Waals surface area contributed by atoms with Gasteiger partial charge >= 0.3 is 0 Å². The van der Waals surface area contributed by atoms with E-state index in [2.05, 4.69) is 0 Å². The average Bonchev–Trinajstić information content (AvgIpc) is 3.35. The van der Waals surface area contributed by atoms with Crippen molar-refractivity contribution in [2.75, 3.05) is 11.5 Å². The fourth-order valence-corrected chi connectivity index (χ4v) is 5.18. The summed E-state index contributed by atoms with van der Waals surface area (Å²) in [6.45, 7) is 6.48. The van der Waals surface area contributed by atoms with Crippen LogP contribution in [0.5, 0.6) is 5.75 Å². The predicted molar refractivity (Wildman–Crippen MR) is 146 cm³/mol. The number of hydrogen-bond donors (Lipinski definition) is 1. The molecule has 0 bridgehead atoms. The number of carbonyl (C=O) groups excluding carboxylic acids is 2. The van der Waals surface area contributed by atoms with Crippen LogP contribution < -0.4 is 9.64 Å². The van der Waals surface area contributed by atoms with Gasteiger partial charge in [0.2, 0.25) is 0 Å². The molecule has 2 heterocycles. The molecule has 1 aliphatic heterocycles. The van der Waals surface area contributed by atoms with Gasteiger partial charge < -0.3 is 14.4 Å². The maximum atomic E-state index is 13.6. The lowest BCUT2D eigenvalue weighted by Gasteiger charge is -2.25. The number of ketones is 1. The number of benzene rings is 3. The largest absolute Gasteiger partial charge is 0.507 e. The maximum Gasteiger partial charge on any atom is 0.300 e. The third kappa shape index (κ3) is 4.29. The van der Waals surface area contributed by atoms with Gasteiger partial charge in [-0.25, -0.2) is 0 Å². The zero-order chi connectivity index (χ0) is 26.3. The minimum Gasteiger partial charge on any atom is -0.507 e. The van der Waals surface area contributed by atoms with Crippen molar-refractivity contribution in [2.45, 2.75) is 33.2 Å². The fraction of sp³-hybridized carbons (Fsp3) is 0.226. The monoisotopic (exact) mass is 494 g/mol. The molecule has 1 aromatic heterocycles. The minimum atomic E-state index is -0.799. The van der Waals surface area contributed by atoms with Crippen molar-refractivity contribution in [3.63, 3.8) is 0 Å². The van der Waals surface area contributed by atoms with Gasteiger partial charge in [0.25, 0.3) is 11.7 Å². The Bertz CT molecular complexity index is 1540. The molecule has 6 heteroatoms.